The molecule has 0 fully saturated rings. The molecule has 4 heteroatoms. The van der Waals surface area contributed by atoms with Crippen LogP contribution in [0.2, 0.25) is 0 Å². The number of hydrogen-bond donors (Lipinski definition) is 2. The van der Waals surface area contributed by atoms with Gasteiger partial charge in [0.05, 0.1) is 5.70 Å². The van der Waals surface area contributed by atoms with E-state index in [1.807, 2.05) is 0 Å². The van der Waals surface area contributed by atoms with E-state index in [-0.39, 0.29) is 11.6 Å². The van der Waals surface area contributed by atoms with Crippen LogP contribution >= 0.6 is 0 Å². The van der Waals surface area contributed by atoms with E-state index in [0.29, 0.717) is 0 Å². The predicted octanol–water partition coefficient (Wildman–Crippen LogP) is -0.0616. The number of hydrogen-bond acceptors (Lipinski definition) is 2. The number of rotatable bonds is 3. The Morgan fingerprint density at radius 1 is 1.42 bits per heavy atom. The van der Waals surface area contributed by atoms with E-state index >= 15 is 0 Å². The standard InChI is InChI=1S/C8H12N2O2/c1-4-5-7(11)10-6(2)8(12)9-3/h4-5H,2H2,1,3H3,(H,9,12)(H,10,11). The lowest BCUT2D eigenvalue weighted by molar-refractivity contribution is -0.121. The maximum absolute atomic E-state index is 10.8. The van der Waals surface area contributed by atoms with Gasteiger partial charge in [0.25, 0.3) is 5.91 Å². The molecule has 2 N–H and O–H groups in total. The summed E-state index contributed by atoms with van der Waals surface area (Å²) in [4.78, 5) is 21.6. The summed E-state index contributed by atoms with van der Waals surface area (Å²) in [5, 5.41) is 4.63. The first kappa shape index (κ1) is 10.4. The first-order valence-electron chi connectivity index (χ1n) is 3.46. The second-order valence-corrected chi connectivity index (χ2v) is 2.05. The van der Waals surface area contributed by atoms with Crippen molar-refractivity contribution in [3.8, 4) is 0 Å². The van der Waals surface area contributed by atoms with E-state index in [9.17, 15) is 9.59 Å². The number of carbonyl (C=O) groups is 2. The minimum absolute atomic E-state index is 0.0422. The molecule has 0 aliphatic carbocycles. The van der Waals surface area contributed by atoms with Gasteiger partial charge < -0.3 is 10.6 Å². The Balaban J connectivity index is 4.01. The van der Waals surface area contributed by atoms with Crippen LogP contribution in [-0.2, 0) is 9.59 Å². The molecule has 2 amide bonds. The Labute approximate surface area is 71.3 Å². The molecule has 0 aromatic heterocycles. The summed E-state index contributed by atoms with van der Waals surface area (Å²) in [6.45, 7) is 5.08. The van der Waals surface area contributed by atoms with Crippen molar-refractivity contribution in [2.75, 3.05) is 7.05 Å². The Morgan fingerprint density at radius 2 is 2.00 bits per heavy atom. The van der Waals surface area contributed by atoms with Crippen molar-refractivity contribution < 1.29 is 9.59 Å². The average molecular weight is 168 g/mol. The van der Waals surface area contributed by atoms with Crippen LogP contribution in [-0.4, -0.2) is 18.9 Å². The molecular weight excluding hydrogens is 156 g/mol. The van der Waals surface area contributed by atoms with Gasteiger partial charge in [-0.25, -0.2) is 0 Å². The van der Waals surface area contributed by atoms with Crippen molar-refractivity contribution in [3.05, 3.63) is 24.4 Å². The van der Waals surface area contributed by atoms with Crippen molar-refractivity contribution in [1.82, 2.24) is 10.6 Å². The van der Waals surface area contributed by atoms with Crippen LogP contribution in [0.5, 0.6) is 0 Å². The van der Waals surface area contributed by atoms with Crippen LogP contribution in [0.1, 0.15) is 6.92 Å². The average Bonchev–Trinajstić information content (AvgIpc) is 2.03. The van der Waals surface area contributed by atoms with Gasteiger partial charge in [-0.05, 0) is 13.0 Å². The highest BCUT2D eigenvalue weighted by atomic mass is 16.2. The van der Waals surface area contributed by atoms with Crippen molar-refractivity contribution in [2.24, 2.45) is 0 Å². The zero-order valence-corrected chi connectivity index (χ0v) is 7.18. The van der Waals surface area contributed by atoms with Gasteiger partial charge in [0.1, 0.15) is 0 Å². The molecule has 0 heterocycles. The highest BCUT2D eigenvalue weighted by molar-refractivity contribution is 5.99. The highest BCUT2D eigenvalue weighted by Crippen LogP contribution is 1.83. The molecule has 4 nitrogen and oxygen atoms in total. The number of carbonyl (C=O) groups excluding carboxylic acids is 2. The predicted molar refractivity (Wildman–Crippen MR) is 46.2 cm³/mol. The van der Waals surface area contributed by atoms with Gasteiger partial charge in [-0.1, -0.05) is 12.7 Å². The molecule has 66 valence electrons. The summed E-state index contributed by atoms with van der Waals surface area (Å²) in [5.74, 6) is -0.751. The number of allylic oxidation sites excluding steroid dienone is 1. The zero-order valence-electron chi connectivity index (χ0n) is 7.18. The molecule has 12 heavy (non-hydrogen) atoms. The second kappa shape index (κ2) is 5.12. The van der Waals surface area contributed by atoms with Crippen LogP contribution < -0.4 is 10.6 Å². The fourth-order valence-electron chi connectivity index (χ4n) is 0.549. The number of amides is 2. The van der Waals surface area contributed by atoms with Crippen LogP contribution in [0, 0.1) is 0 Å². The first-order valence-corrected chi connectivity index (χ1v) is 3.46. The third kappa shape index (κ3) is 3.55. The maximum atomic E-state index is 10.8. The molecule has 0 atom stereocenters. The van der Waals surface area contributed by atoms with Crippen LogP contribution in [0.15, 0.2) is 24.4 Å². The van der Waals surface area contributed by atoms with Crippen molar-refractivity contribution in [2.45, 2.75) is 6.92 Å². The third-order valence-electron chi connectivity index (χ3n) is 1.09. The van der Waals surface area contributed by atoms with E-state index < -0.39 is 5.91 Å². The molecule has 0 rings (SSSR count). The fraction of sp³-hybridized carbons (Fsp3) is 0.250. The lowest BCUT2D eigenvalue weighted by Gasteiger charge is -2.03. The smallest absolute Gasteiger partial charge is 0.266 e. The van der Waals surface area contributed by atoms with Gasteiger partial charge >= 0.3 is 0 Å². The minimum Gasteiger partial charge on any atom is -0.354 e. The largest absolute Gasteiger partial charge is 0.354 e. The molecule has 0 aliphatic rings. The van der Waals surface area contributed by atoms with Crippen molar-refractivity contribution >= 4 is 11.8 Å². The topological polar surface area (TPSA) is 58.2 Å². The van der Waals surface area contributed by atoms with Crippen LogP contribution in [0.3, 0.4) is 0 Å². The van der Waals surface area contributed by atoms with Gasteiger partial charge in [-0.15, -0.1) is 0 Å². The third-order valence-corrected chi connectivity index (χ3v) is 1.09. The zero-order chi connectivity index (χ0) is 9.56. The Hall–Kier alpha value is -1.58. The summed E-state index contributed by atoms with van der Waals surface area (Å²) >= 11 is 0. The quantitative estimate of drug-likeness (QED) is 0.580. The summed E-state index contributed by atoms with van der Waals surface area (Å²) in [5.41, 5.74) is 0.0422. The molecule has 0 aliphatic heterocycles. The minimum atomic E-state index is -0.396. The van der Waals surface area contributed by atoms with Gasteiger partial charge in [0, 0.05) is 7.05 Å². The molecule has 0 spiro atoms. The van der Waals surface area contributed by atoms with Gasteiger partial charge in [-0.2, -0.15) is 0 Å². The number of nitrogens with one attached hydrogen (secondary N) is 2. The lowest BCUT2D eigenvalue weighted by Crippen LogP contribution is -2.31. The second-order valence-electron chi connectivity index (χ2n) is 2.05. The summed E-state index contributed by atoms with van der Waals surface area (Å²) in [7, 11) is 1.47. The summed E-state index contributed by atoms with van der Waals surface area (Å²) in [6, 6.07) is 0. The van der Waals surface area contributed by atoms with Crippen molar-refractivity contribution in [1.29, 1.82) is 0 Å². The molecule has 0 aromatic carbocycles. The lowest BCUT2D eigenvalue weighted by atomic mass is 10.4. The highest BCUT2D eigenvalue weighted by Gasteiger charge is 2.05. The maximum Gasteiger partial charge on any atom is 0.266 e. The van der Waals surface area contributed by atoms with E-state index in [2.05, 4.69) is 17.2 Å². The monoisotopic (exact) mass is 168 g/mol. The van der Waals surface area contributed by atoms with Gasteiger partial charge in [0.15, 0.2) is 0 Å². The summed E-state index contributed by atoms with van der Waals surface area (Å²) in [6.07, 6.45) is 2.89. The van der Waals surface area contributed by atoms with E-state index in [1.165, 1.54) is 13.1 Å². The first-order chi connectivity index (χ1) is 5.61. The number of likely N-dealkylation sites (N-methyl/N-ethyl adjacent to an activating group) is 1. The molecule has 0 bridgehead atoms. The molecule has 0 saturated carbocycles. The SMILES string of the molecule is C=C(NC(=O)C=CC)C(=O)NC. The Bertz CT molecular complexity index is 231. The van der Waals surface area contributed by atoms with E-state index in [0.717, 1.165) is 0 Å². The molecule has 0 aromatic rings. The molecule has 0 unspecified atom stereocenters. The molecule has 0 saturated heterocycles. The van der Waals surface area contributed by atoms with Crippen LogP contribution in [0.4, 0.5) is 0 Å². The molecule has 0 radical (unpaired) electrons. The van der Waals surface area contributed by atoms with Gasteiger partial charge in [0.2, 0.25) is 5.91 Å². The Kier molecular flexibility index (Phi) is 4.45. The van der Waals surface area contributed by atoms with Gasteiger partial charge in [-0.3, -0.25) is 9.59 Å². The van der Waals surface area contributed by atoms with E-state index in [4.69, 9.17) is 0 Å². The van der Waals surface area contributed by atoms with Crippen molar-refractivity contribution in [3.63, 3.8) is 0 Å². The van der Waals surface area contributed by atoms with Crippen LogP contribution in [0.25, 0.3) is 0 Å². The van der Waals surface area contributed by atoms with E-state index in [1.54, 1.807) is 13.0 Å². The summed E-state index contributed by atoms with van der Waals surface area (Å²) < 4.78 is 0. The Morgan fingerprint density at radius 3 is 2.42 bits per heavy atom. The normalized spacial score (nSPS) is 9.50. The molecular formula is C8H12N2O2. The fourth-order valence-corrected chi connectivity index (χ4v) is 0.549.